The van der Waals surface area contributed by atoms with E-state index >= 15 is 0 Å². The highest BCUT2D eigenvalue weighted by Crippen LogP contribution is 2.37. The maximum Gasteiger partial charge on any atom is 0.180 e. The summed E-state index contributed by atoms with van der Waals surface area (Å²) >= 11 is 13.6. The second kappa shape index (κ2) is 7.18. The van der Waals surface area contributed by atoms with Gasteiger partial charge in [-0.3, -0.25) is 0 Å². The fraction of sp³-hybridized carbons (Fsp3) is 0.286. The molecule has 2 N–H and O–H groups in total. The first-order chi connectivity index (χ1) is 9.63. The molecule has 0 bridgehead atoms. The number of ether oxygens (including phenoxy) is 2. The van der Waals surface area contributed by atoms with Gasteiger partial charge < -0.3 is 15.2 Å². The monoisotopic (exact) mass is 331 g/mol. The SMILES string of the molecule is COc1cc(CCN)cc(Cl)c1OCc1ccc(Cl)s1. The van der Waals surface area contributed by atoms with E-state index in [9.17, 15) is 0 Å². The van der Waals surface area contributed by atoms with Crippen molar-refractivity contribution in [1.82, 2.24) is 0 Å². The maximum absolute atomic E-state index is 6.25. The van der Waals surface area contributed by atoms with Crippen LogP contribution in [0.3, 0.4) is 0 Å². The van der Waals surface area contributed by atoms with Crippen LogP contribution >= 0.6 is 34.5 Å². The number of halogens is 2. The van der Waals surface area contributed by atoms with Crippen molar-refractivity contribution in [3.63, 3.8) is 0 Å². The molecule has 0 aliphatic rings. The van der Waals surface area contributed by atoms with E-state index in [0.29, 0.717) is 29.7 Å². The Hall–Kier alpha value is -0.940. The fourth-order valence-corrected chi connectivity index (χ4v) is 3.09. The first-order valence-electron chi connectivity index (χ1n) is 6.07. The Bertz CT molecular complexity index is 587. The van der Waals surface area contributed by atoms with E-state index in [0.717, 1.165) is 21.2 Å². The Balaban J connectivity index is 2.17. The first-order valence-corrected chi connectivity index (χ1v) is 7.64. The quantitative estimate of drug-likeness (QED) is 0.864. The van der Waals surface area contributed by atoms with Crippen molar-refractivity contribution >= 4 is 34.5 Å². The lowest BCUT2D eigenvalue weighted by Crippen LogP contribution is -2.04. The molecule has 0 spiro atoms. The van der Waals surface area contributed by atoms with Crippen molar-refractivity contribution in [1.29, 1.82) is 0 Å². The lowest BCUT2D eigenvalue weighted by atomic mass is 10.1. The summed E-state index contributed by atoms with van der Waals surface area (Å²) in [5.41, 5.74) is 6.58. The number of hydrogen-bond donors (Lipinski definition) is 1. The molecular formula is C14H15Cl2NO2S. The van der Waals surface area contributed by atoms with Gasteiger partial charge in [-0.05, 0) is 42.8 Å². The van der Waals surface area contributed by atoms with E-state index in [1.807, 2.05) is 24.3 Å². The molecule has 0 atom stereocenters. The van der Waals surface area contributed by atoms with Crippen LogP contribution in [-0.4, -0.2) is 13.7 Å². The molecule has 0 aliphatic heterocycles. The number of benzene rings is 1. The molecule has 0 unspecified atom stereocenters. The van der Waals surface area contributed by atoms with Crippen LogP contribution in [0.1, 0.15) is 10.4 Å². The molecule has 1 aromatic heterocycles. The Morgan fingerprint density at radius 2 is 2.05 bits per heavy atom. The molecule has 2 rings (SSSR count). The topological polar surface area (TPSA) is 44.5 Å². The number of nitrogens with two attached hydrogens (primary N) is 1. The molecule has 108 valence electrons. The maximum atomic E-state index is 6.25. The average molecular weight is 332 g/mol. The van der Waals surface area contributed by atoms with Crippen LogP contribution in [0.2, 0.25) is 9.36 Å². The predicted octanol–water partition coefficient (Wildman–Crippen LogP) is 4.14. The van der Waals surface area contributed by atoms with E-state index in [2.05, 4.69) is 0 Å². The molecule has 0 saturated carbocycles. The highest BCUT2D eigenvalue weighted by molar-refractivity contribution is 7.16. The summed E-state index contributed by atoms with van der Waals surface area (Å²) in [4.78, 5) is 1.03. The molecular weight excluding hydrogens is 317 g/mol. The average Bonchev–Trinajstić information content (AvgIpc) is 2.83. The van der Waals surface area contributed by atoms with Crippen molar-refractivity contribution in [2.45, 2.75) is 13.0 Å². The van der Waals surface area contributed by atoms with Crippen LogP contribution in [0, 0.1) is 0 Å². The van der Waals surface area contributed by atoms with Gasteiger partial charge in [0.1, 0.15) is 6.61 Å². The molecule has 6 heteroatoms. The van der Waals surface area contributed by atoms with Crippen molar-refractivity contribution in [3.05, 3.63) is 44.1 Å². The summed E-state index contributed by atoms with van der Waals surface area (Å²) in [7, 11) is 1.59. The largest absolute Gasteiger partial charge is 0.493 e. The van der Waals surface area contributed by atoms with Crippen molar-refractivity contribution in [2.75, 3.05) is 13.7 Å². The molecule has 20 heavy (non-hydrogen) atoms. The molecule has 2 aromatic rings. The van der Waals surface area contributed by atoms with Gasteiger partial charge in [-0.1, -0.05) is 23.2 Å². The minimum atomic E-state index is 0.406. The molecule has 0 amide bonds. The van der Waals surface area contributed by atoms with Gasteiger partial charge in [0.05, 0.1) is 16.5 Å². The summed E-state index contributed by atoms with van der Waals surface area (Å²) in [6, 6.07) is 7.52. The number of rotatable bonds is 6. The lowest BCUT2D eigenvalue weighted by molar-refractivity contribution is 0.287. The van der Waals surface area contributed by atoms with Gasteiger partial charge in [-0.2, -0.15) is 0 Å². The molecule has 1 aromatic carbocycles. The van der Waals surface area contributed by atoms with Crippen molar-refractivity contribution in [2.24, 2.45) is 5.73 Å². The number of methoxy groups -OCH3 is 1. The van der Waals surface area contributed by atoms with Crippen LogP contribution in [0.15, 0.2) is 24.3 Å². The van der Waals surface area contributed by atoms with Crippen LogP contribution in [0.4, 0.5) is 0 Å². The zero-order valence-electron chi connectivity index (χ0n) is 11.0. The van der Waals surface area contributed by atoms with Crippen LogP contribution in [0.25, 0.3) is 0 Å². The van der Waals surface area contributed by atoms with Crippen molar-refractivity contribution in [3.8, 4) is 11.5 Å². The minimum Gasteiger partial charge on any atom is -0.493 e. The second-order valence-corrected chi connectivity index (χ2v) is 6.35. The van der Waals surface area contributed by atoms with E-state index in [1.54, 1.807) is 7.11 Å². The zero-order chi connectivity index (χ0) is 14.5. The van der Waals surface area contributed by atoms with Crippen LogP contribution < -0.4 is 15.2 Å². The zero-order valence-corrected chi connectivity index (χ0v) is 13.3. The molecule has 0 saturated heterocycles. The lowest BCUT2D eigenvalue weighted by Gasteiger charge is -2.13. The third kappa shape index (κ3) is 3.79. The third-order valence-corrected chi connectivity index (χ3v) is 4.20. The van der Waals surface area contributed by atoms with Gasteiger partial charge in [0.25, 0.3) is 0 Å². The van der Waals surface area contributed by atoms with E-state index < -0.39 is 0 Å². The first kappa shape index (κ1) is 15.4. The van der Waals surface area contributed by atoms with Crippen LogP contribution in [-0.2, 0) is 13.0 Å². The Kier molecular flexibility index (Phi) is 5.54. The standard InChI is InChI=1S/C14H15Cl2NO2S/c1-18-12-7-9(4-5-17)6-11(15)14(12)19-8-10-2-3-13(16)20-10/h2-3,6-7H,4-5,8,17H2,1H3. The Labute approximate surface area is 132 Å². The van der Waals surface area contributed by atoms with Gasteiger partial charge in [-0.25, -0.2) is 0 Å². The highest BCUT2D eigenvalue weighted by atomic mass is 35.5. The highest BCUT2D eigenvalue weighted by Gasteiger charge is 2.12. The summed E-state index contributed by atoms with van der Waals surface area (Å²) in [5.74, 6) is 1.16. The normalized spacial score (nSPS) is 10.6. The van der Waals surface area contributed by atoms with E-state index in [-0.39, 0.29) is 0 Å². The number of thiophene rings is 1. The summed E-state index contributed by atoms with van der Waals surface area (Å²) in [6.07, 6.45) is 0.747. The van der Waals surface area contributed by atoms with Gasteiger partial charge in [0, 0.05) is 4.88 Å². The smallest absolute Gasteiger partial charge is 0.180 e. The second-order valence-electron chi connectivity index (χ2n) is 4.14. The summed E-state index contributed by atoms with van der Waals surface area (Å²) in [6.45, 7) is 0.969. The van der Waals surface area contributed by atoms with E-state index in [1.165, 1.54) is 11.3 Å². The molecule has 0 fully saturated rings. The van der Waals surface area contributed by atoms with Crippen LogP contribution in [0.5, 0.6) is 11.5 Å². The Morgan fingerprint density at radius 3 is 2.65 bits per heavy atom. The summed E-state index contributed by atoms with van der Waals surface area (Å²) < 4.78 is 11.8. The van der Waals surface area contributed by atoms with Gasteiger partial charge >= 0.3 is 0 Å². The third-order valence-electron chi connectivity index (χ3n) is 2.71. The van der Waals surface area contributed by atoms with Gasteiger partial charge in [0.2, 0.25) is 0 Å². The van der Waals surface area contributed by atoms with Crippen molar-refractivity contribution < 1.29 is 9.47 Å². The fourth-order valence-electron chi connectivity index (χ4n) is 1.80. The molecule has 3 nitrogen and oxygen atoms in total. The Morgan fingerprint density at radius 1 is 1.25 bits per heavy atom. The van der Waals surface area contributed by atoms with Gasteiger partial charge in [0.15, 0.2) is 11.5 Å². The van der Waals surface area contributed by atoms with Gasteiger partial charge in [-0.15, -0.1) is 11.3 Å². The number of hydrogen-bond acceptors (Lipinski definition) is 4. The molecule has 0 aliphatic carbocycles. The summed E-state index contributed by atoms with van der Waals surface area (Å²) in [5, 5.41) is 0.524. The predicted molar refractivity (Wildman–Crippen MR) is 84.4 cm³/mol. The molecule has 1 heterocycles. The molecule has 0 radical (unpaired) electrons. The minimum absolute atomic E-state index is 0.406. The van der Waals surface area contributed by atoms with E-state index in [4.69, 9.17) is 38.4 Å².